The quantitative estimate of drug-likeness (QED) is 0.677. The SMILES string of the molecule is CC(=O)NC1CCN(C(=O)C(Cc2ccccc2)NS(=O)(=O)c2ccccc2F)CC1. The second-order valence-electron chi connectivity index (χ2n) is 7.59. The van der Waals surface area contributed by atoms with Crippen molar-refractivity contribution in [2.75, 3.05) is 13.1 Å². The lowest BCUT2D eigenvalue weighted by atomic mass is 10.0. The van der Waals surface area contributed by atoms with Crippen molar-refractivity contribution in [1.29, 1.82) is 0 Å². The van der Waals surface area contributed by atoms with Crippen LogP contribution in [0.25, 0.3) is 0 Å². The molecule has 2 aromatic carbocycles. The van der Waals surface area contributed by atoms with Crippen molar-refractivity contribution in [3.8, 4) is 0 Å². The number of nitrogens with one attached hydrogen (secondary N) is 2. The third-order valence-corrected chi connectivity index (χ3v) is 6.72. The van der Waals surface area contributed by atoms with Gasteiger partial charge in [0.1, 0.15) is 16.8 Å². The molecular formula is C22H26FN3O4S. The molecule has 0 aromatic heterocycles. The van der Waals surface area contributed by atoms with Gasteiger partial charge in [-0.05, 0) is 37.0 Å². The zero-order valence-corrected chi connectivity index (χ0v) is 18.1. The van der Waals surface area contributed by atoms with Crippen LogP contribution in [0.4, 0.5) is 4.39 Å². The summed E-state index contributed by atoms with van der Waals surface area (Å²) in [5.74, 6) is -1.37. The fourth-order valence-electron chi connectivity index (χ4n) is 3.69. The van der Waals surface area contributed by atoms with Gasteiger partial charge in [-0.25, -0.2) is 12.8 Å². The van der Waals surface area contributed by atoms with Gasteiger partial charge in [0.25, 0.3) is 0 Å². The third kappa shape index (κ3) is 6.11. The largest absolute Gasteiger partial charge is 0.353 e. The molecule has 1 heterocycles. The lowest BCUT2D eigenvalue weighted by Crippen LogP contribution is -2.53. The Balaban J connectivity index is 1.79. The van der Waals surface area contributed by atoms with Crippen molar-refractivity contribution in [3.05, 3.63) is 66.0 Å². The minimum atomic E-state index is -4.25. The maximum Gasteiger partial charge on any atom is 0.244 e. The minimum absolute atomic E-state index is 0.00997. The van der Waals surface area contributed by atoms with Crippen LogP contribution in [-0.2, 0) is 26.0 Å². The molecular weight excluding hydrogens is 421 g/mol. The van der Waals surface area contributed by atoms with Crippen LogP contribution < -0.4 is 10.0 Å². The van der Waals surface area contributed by atoms with Gasteiger partial charge in [0.15, 0.2) is 0 Å². The average Bonchev–Trinajstić information content (AvgIpc) is 2.74. The second-order valence-corrected chi connectivity index (χ2v) is 9.28. The summed E-state index contributed by atoms with van der Waals surface area (Å²) in [7, 11) is -4.25. The van der Waals surface area contributed by atoms with E-state index in [9.17, 15) is 22.4 Å². The van der Waals surface area contributed by atoms with Gasteiger partial charge in [-0.3, -0.25) is 9.59 Å². The molecule has 7 nitrogen and oxygen atoms in total. The third-order valence-electron chi connectivity index (χ3n) is 5.22. The number of sulfonamides is 1. The molecule has 2 amide bonds. The van der Waals surface area contributed by atoms with Gasteiger partial charge in [-0.15, -0.1) is 0 Å². The van der Waals surface area contributed by atoms with E-state index >= 15 is 0 Å². The summed E-state index contributed by atoms with van der Waals surface area (Å²) < 4.78 is 42.2. The number of hydrogen-bond acceptors (Lipinski definition) is 4. The van der Waals surface area contributed by atoms with E-state index in [1.165, 1.54) is 25.1 Å². The average molecular weight is 448 g/mol. The van der Waals surface area contributed by atoms with Gasteiger partial charge < -0.3 is 10.2 Å². The zero-order chi connectivity index (χ0) is 22.4. The van der Waals surface area contributed by atoms with Gasteiger partial charge in [0, 0.05) is 26.1 Å². The molecule has 0 aliphatic carbocycles. The highest BCUT2D eigenvalue weighted by atomic mass is 32.2. The van der Waals surface area contributed by atoms with Crippen LogP contribution in [0.15, 0.2) is 59.5 Å². The summed E-state index contributed by atoms with van der Waals surface area (Å²) in [5, 5.41) is 2.85. The molecule has 1 aliphatic heterocycles. The fourth-order valence-corrected chi connectivity index (χ4v) is 4.96. The maximum absolute atomic E-state index is 14.1. The summed E-state index contributed by atoms with van der Waals surface area (Å²) >= 11 is 0. The van der Waals surface area contributed by atoms with Crippen LogP contribution in [0.1, 0.15) is 25.3 Å². The van der Waals surface area contributed by atoms with Crippen molar-refractivity contribution < 1.29 is 22.4 Å². The molecule has 3 rings (SSSR count). The molecule has 166 valence electrons. The molecule has 0 radical (unpaired) electrons. The van der Waals surface area contributed by atoms with Crippen LogP contribution in [0.3, 0.4) is 0 Å². The summed E-state index contributed by atoms with van der Waals surface area (Å²) in [4.78, 5) is 25.6. The first-order valence-corrected chi connectivity index (χ1v) is 11.6. The monoisotopic (exact) mass is 447 g/mol. The van der Waals surface area contributed by atoms with E-state index in [1.807, 2.05) is 6.07 Å². The standard InChI is InChI=1S/C22H26FN3O4S/c1-16(27)24-18-11-13-26(14-12-18)22(28)20(15-17-7-3-2-4-8-17)25-31(29,30)21-10-6-5-9-19(21)23/h2-10,18,20,25H,11-15H2,1H3,(H,24,27). The van der Waals surface area contributed by atoms with Crippen molar-refractivity contribution in [3.63, 3.8) is 0 Å². The van der Waals surface area contributed by atoms with Gasteiger partial charge >= 0.3 is 0 Å². The number of hydrogen-bond donors (Lipinski definition) is 2. The number of carbonyl (C=O) groups excluding carboxylic acids is 2. The summed E-state index contributed by atoms with van der Waals surface area (Å²) in [6.45, 7) is 2.25. The van der Waals surface area contributed by atoms with Crippen LogP contribution in [0.2, 0.25) is 0 Å². The Labute approximate surface area is 181 Å². The lowest BCUT2D eigenvalue weighted by molar-refractivity contribution is -0.134. The highest BCUT2D eigenvalue weighted by Gasteiger charge is 2.32. The summed E-state index contributed by atoms with van der Waals surface area (Å²) in [6, 6.07) is 13.0. The summed E-state index contributed by atoms with van der Waals surface area (Å²) in [6.07, 6.45) is 1.31. The number of benzene rings is 2. The second kappa shape index (κ2) is 10.0. The van der Waals surface area contributed by atoms with E-state index in [0.717, 1.165) is 11.6 Å². The molecule has 2 N–H and O–H groups in total. The lowest BCUT2D eigenvalue weighted by Gasteiger charge is -2.34. The number of rotatable bonds is 7. The van der Waals surface area contributed by atoms with Crippen LogP contribution >= 0.6 is 0 Å². The Kier molecular flexibility index (Phi) is 7.40. The maximum atomic E-state index is 14.1. The molecule has 1 saturated heterocycles. The first-order valence-electron chi connectivity index (χ1n) is 10.1. The number of piperidine rings is 1. The molecule has 9 heteroatoms. The van der Waals surface area contributed by atoms with Gasteiger partial charge in [-0.2, -0.15) is 4.72 Å². The van der Waals surface area contributed by atoms with E-state index < -0.39 is 26.8 Å². The van der Waals surface area contributed by atoms with Crippen molar-refractivity contribution >= 4 is 21.8 Å². The number of amides is 2. The van der Waals surface area contributed by atoms with E-state index in [1.54, 1.807) is 29.2 Å². The van der Waals surface area contributed by atoms with Gasteiger partial charge in [0.2, 0.25) is 21.8 Å². The fraction of sp³-hybridized carbons (Fsp3) is 0.364. The van der Waals surface area contributed by atoms with Crippen molar-refractivity contribution in [2.24, 2.45) is 0 Å². The van der Waals surface area contributed by atoms with E-state index in [-0.39, 0.29) is 24.3 Å². The first kappa shape index (κ1) is 22.9. The Morgan fingerprint density at radius 2 is 1.68 bits per heavy atom. The smallest absolute Gasteiger partial charge is 0.244 e. The summed E-state index contributed by atoms with van der Waals surface area (Å²) in [5.41, 5.74) is 0.783. The molecule has 0 saturated carbocycles. The molecule has 0 spiro atoms. The number of likely N-dealkylation sites (tertiary alicyclic amines) is 1. The van der Waals surface area contributed by atoms with E-state index in [0.29, 0.717) is 25.9 Å². The van der Waals surface area contributed by atoms with Gasteiger partial charge in [0.05, 0.1) is 0 Å². The molecule has 1 fully saturated rings. The Morgan fingerprint density at radius 1 is 1.06 bits per heavy atom. The number of halogens is 1. The first-order chi connectivity index (χ1) is 14.8. The molecule has 1 atom stereocenters. The topological polar surface area (TPSA) is 95.6 Å². The Morgan fingerprint density at radius 3 is 2.29 bits per heavy atom. The van der Waals surface area contributed by atoms with E-state index in [4.69, 9.17) is 0 Å². The van der Waals surface area contributed by atoms with Crippen LogP contribution in [0, 0.1) is 5.82 Å². The zero-order valence-electron chi connectivity index (χ0n) is 17.3. The normalized spacial score (nSPS) is 16.0. The van der Waals surface area contributed by atoms with Crippen molar-refractivity contribution in [2.45, 2.75) is 43.2 Å². The Hall–Kier alpha value is -2.78. The molecule has 1 aliphatic rings. The van der Waals surface area contributed by atoms with E-state index in [2.05, 4.69) is 10.0 Å². The predicted octanol–water partition coefficient (Wildman–Crippen LogP) is 1.84. The molecule has 2 aromatic rings. The molecule has 1 unspecified atom stereocenters. The minimum Gasteiger partial charge on any atom is -0.353 e. The van der Waals surface area contributed by atoms with Crippen molar-refractivity contribution in [1.82, 2.24) is 14.9 Å². The van der Waals surface area contributed by atoms with Gasteiger partial charge in [-0.1, -0.05) is 42.5 Å². The molecule has 0 bridgehead atoms. The number of nitrogens with zero attached hydrogens (tertiary/aromatic N) is 1. The highest BCUT2D eigenvalue weighted by Crippen LogP contribution is 2.18. The Bertz CT molecular complexity index is 1020. The highest BCUT2D eigenvalue weighted by molar-refractivity contribution is 7.89. The van der Waals surface area contributed by atoms with Crippen LogP contribution in [0.5, 0.6) is 0 Å². The molecule has 31 heavy (non-hydrogen) atoms. The predicted molar refractivity (Wildman–Crippen MR) is 114 cm³/mol. The number of carbonyl (C=O) groups is 2. The van der Waals surface area contributed by atoms with Crippen LogP contribution in [-0.4, -0.2) is 50.3 Å².